The largest absolute Gasteiger partial charge is 0.461 e. The summed E-state index contributed by atoms with van der Waals surface area (Å²) in [6.07, 6.45) is 3.60. The van der Waals surface area contributed by atoms with E-state index in [4.69, 9.17) is 20.9 Å². The number of likely N-dealkylation sites (N-methyl/N-ethyl adjacent to an activating group) is 4. The van der Waals surface area contributed by atoms with E-state index < -0.39 is 151 Å². The zero-order chi connectivity index (χ0) is 58.3. The summed E-state index contributed by atoms with van der Waals surface area (Å²) in [6, 6.07) is -11.7. The van der Waals surface area contributed by atoms with Crippen molar-refractivity contribution in [1.82, 2.24) is 79.9 Å². The van der Waals surface area contributed by atoms with Crippen molar-refractivity contribution >= 4 is 115 Å². The van der Waals surface area contributed by atoms with Crippen LogP contribution in [0.15, 0.2) is 23.8 Å². The first-order valence-electron chi connectivity index (χ1n) is 24.7. The van der Waals surface area contributed by atoms with E-state index in [-0.39, 0.29) is 45.6 Å². The number of nitrogens with two attached hydrogens (primary N) is 2. The molecule has 2 fully saturated rings. The molecule has 4 aromatic rings. The number of aromatic amines is 1. The van der Waals surface area contributed by atoms with Crippen molar-refractivity contribution in [3.63, 3.8) is 0 Å². The zero-order valence-electron chi connectivity index (χ0n) is 44.9. The van der Waals surface area contributed by atoms with Crippen LogP contribution < -0.4 is 38.3 Å². The molecule has 0 saturated carbocycles. The number of hydrogen-bond donors (Lipinski definition) is 7. The third kappa shape index (κ3) is 13.8. The Morgan fingerprint density at radius 2 is 1.06 bits per heavy atom. The van der Waals surface area contributed by atoms with E-state index >= 15 is 0 Å². The minimum Gasteiger partial charge on any atom is -0.461 e. The third-order valence-electron chi connectivity index (χ3n) is 13.1. The molecule has 2 bridgehead atoms. The molecule has 0 radical (unpaired) electrons. The van der Waals surface area contributed by atoms with Crippen LogP contribution in [-0.2, 0) is 70.5 Å². The second-order valence-electron chi connectivity index (χ2n) is 19.5. The average molecular weight is 1140 g/mol. The monoisotopic (exact) mass is 1140 g/mol. The standard InChI is InChI=1S/C46H64N18O13S2/c1-20(2)32-44(74)76-13-24(55-28(65)11-63-18-51-30-34(47)49-17-50-35(30)63)37(67)53-22(5)40(70)59(7)26-15-78-79-16-27(42(72)61(32)9)60(8)41(71)23(6)54-38(68)25(14-77-45(75)33(21(3)4)62(10)43(26)73)56-29(66)12-64-19-52-31-36(64)57-46(48)58-39(31)69/h17-27,32-33H,11-16H2,1-10H3,(H,53,67)(H,54,68)(H,55,65)(H,56,66)(H2,47,49,50)(H3,48,57,58,69)/t22-,23-,24+,25+,26-,27-,32-,33-/m0/s1. The number of aromatic nitrogens is 8. The fraction of sp³-hybridized carbons (Fsp3) is 0.565. The van der Waals surface area contributed by atoms with Gasteiger partial charge in [0.25, 0.3) is 5.56 Å². The summed E-state index contributed by atoms with van der Waals surface area (Å²) in [7, 11) is 7.32. The molecule has 31 nitrogen and oxygen atoms in total. The fourth-order valence-corrected chi connectivity index (χ4v) is 11.4. The number of fused-ring (bicyclic) bond motifs is 7. The van der Waals surface area contributed by atoms with Crippen molar-refractivity contribution in [2.24, 2.45) is 11.8 Å². The van der Waals surface area contributed by atoms with Gasteiger partial charge in [0.05, 0.1) is 12.7 Å². The first-order chi connectivity index (χ1) is 37.2. The normalized spacial score (nSPS) is 24.4. The number of amides is 8. The highest BCUT2D eigenvalue weighted by molar-refractivity contribution is 8.76. The van der Waals surface area contributed by atoms with Gasteiger partial charge in [0.1, 0.15) is 86.5 Å². The molecule has 428 valence electrons. The van der Waals surface area contributed by atoms with E-state index in [1.807, 2.05) is 0 Å². The van der Waals surface area contributed by atoms with E-state index in [0.29, 0.717) is 0 Å². The lowest BCUT2D eigenvalue weighted by Gasteiger charge is -2.37. The van der Waals surface area contributed by atoms with Crippen LogP contribution in [0.2, 0.25) is 0 Å². The molecule has 0 unspecified atom stereocenters. The van der Waals surface area contributed by atoms with Crippen LogP contribution in [0.25, 0.3) is 22.3 Å². The number of carbonyl (C=O) groups excluding carboxylic acids is 10. The minimum atomic E-state index is -1.71. The summed E-state index contributed by atoms with van der Waals surface area (Å²) in [5, 5.41) is 10.1. The number of nitrogens with one attached hydrogen (secondary N) is 5. The number of ether oxygens (including phenoxy) is 2. The van der Waals surface area contributed by atoms with Gasteiger partial charge >= 0.3 is 11.9 Å². The van der Waals surface area contributed by atoms with Gasteiger partial charge in [-0.15, -0.1) is 0 Å². The van der Waals surface area contributed by atoms with Gasteiger partial charge in [0, 0.05) is 39.7 Å². The first kappa shape index (κ1) is 60.1. The Morgan fingerprint density at radius 1 is 0.633 bits per heavy atom. The van der Waals surface area contributed by atoms with Crippen LogP contribution in [0.1, 0.15) is 41.5 Å². The summed E-state index contributed by atoms with van der Waals surface area (Å²) in [6.45, 7) is 6.45. The lowest BCUT2D eigenvalue weighted by atomic mass is 10.0. The maximum Gasteiger partial charge on any atom is 0.329 e. The summed E-state index contributed by atoms with van der Waals surface area (Å²) < 4.78 is 13.9. The molecule has 4 aromatic heterocycles. The molecule has 33 heteroatoms. The van der Waals surface area contributed by atoms with Gasteiger partial charge in [-0.25, -0.2) is 29.5 Å². The Bertz CT molecular complexity index is 3080. The topological polar surface area (TPSA) is 409 Å². The molecule has 79 heavy (non-hydrogen) atoms. The Kier molecular flexibility index (Phi) is 19.5. The van der Waals surface area contributed by atoms with Crippen molar-refractivity contribution in [2.75, 3.05) is 64.4 Å². The second-order valence-corrected chi connectivity index (χ2v) is 22.1. The van der Waals surface area contributed by atoms with Gasteiger partial charge in [-0.05, 0) is 25.7 Å². The third-order valence-corrected chi connectivity index (χ3v) is 15.5. The highest BCUT2D eigenvalue weighted by atomic mass is 33.1. The van der Waals surface area contributed by atoms with E-state index in [1.165, 1.54) is 63.8 Å². The number of nitrogens with zero attached hydrogens (tertiary/aromatic N) is 11. The lowest BCUT2D eigenvalue weighted by molar-refractivity contribution is -0.160. The molecule has 8 amide bonds. The van der Waals surface area contributed by atoms with Crippen LogP contribution in [0, 0.1) is 11.8 Å². The minimum absolute atomic E-state index is 0.0526. The molecule has 6 rings (SSSR count). The number of hydrogen-bond acceptors (Lipinski definition) is 22. The van der Waals surface area contributed by atoms with E-state index in [0.717, 1.165) is 47.5 Å². The van der Waals surface area contributed by atoms with E-state index in [1.54, 1.807) is 27.7 Å². The molecule has 2 aliphatic rings. The smallest absolute Gasteiger partial charge is 0.329 e. The Labute approximate surface area is 459 Å². The van der Waals surface area contributed by atoms with Crippen molar-refractivity contribution in [1.29, 1.82) is 0 Å². The number of carbonyl (C=O) groups is 10. The molecule has 6 heterocycles. The molecular weight excluding hydrogens is 1080 g/mol. The van der Waals surface area contributed by atoms with E-state index in [9.17, 15) is 52.7 Å². The number of imidazole rings is 2. The maximum atomic E-state index is 14.8. The predicted octanol–water partition coefficient (Wildman–Crippen LogP) is -3.78. The van der Waals surface area contributed by atoms with Crippen LogP contribution in [0.4, 0.5) is 11.8 Å². The van der Waals surface area contributed by atoms with Crippen molar-refractivity contribution in [3.05, 3.63) is 29.3 Å². The van der Waals surface area contributed by atoms with Gasteiger partial charge in [-0.1, -0.05) is 49.3 Å². The van der Waals surface area contributed by atoms with Crippen molar-refractivity contribution in [2.45, 2.75) is 103 Å². The summed E-state index contributed by atoms with van der Waals surface area (Å²) in [5.74, 6) is -10.8. The lowest BCUT2D eigenvalue weighted by Crippen LogP contribution is -2.60. The van der Waals surface area contributed by atoms with Crippen LogP contribution >= 0.6 is 21.6 Å². The molecule has 2 saturated heterocycles. The summed E-state index contributed by atoms with van der Waals surface area (Å²) in [5.41, 5.74) is 11.2. The second kappa shape index (κ2) is 25.6. The SMILES string of the molecule is CC(C)[C@H]1C(=O)OC[C@@H](NC(=O)Cn2cnc3c(=O)[nH]c(N)nc32)C(=O)N[C@@H](C)C(=O)N(C)[C@H]2CSSC[C@@H](C(=O)N1C)N(C)C(=O)[C@H](C)NC(=O)[C@H](NC(=O)Cn1cnc3c(N)ncnc31)COC(=O)[C@H](C(C)C)N(C)C2=O. The Morgan fingerprint density at radius 3 is 1.51 bits per heavy atom. The molecule has 8 atom stereocenters. The molecule has 0 spiro atoms. The van der Waals surface area contributed by atoms with Gasteiger partial charge < -0.3 is 70.9 Å². The molecule has 0 aromatic carbocycles. The Balaban J connectivity index is 1.37. The van der Waals surface area contributed by atoms with Crippen molar-refractivity contribution < 1.29 is 57.4 Å². The number of anilines is 2. The molecule has 9 N–H and O–H groups in total. The van der Waals surface area contributed by atoms with Crippen LogP contribution in [0.3, 0.4) is 0 Å². The van der Waals surface area contributed by atoms with Gasteiger partial charge in [0.2, 0.25) is 53.2 Å². The van der Waals surface area contributed by atoms with E-state index in [2.05, 4.69) is 51.2 Å². The predicted molar refractivity (Wildman–Crippen MR) is 284 cm³/mol. The number of H-pyrrole nitrogens is 1. The molecule has 2 aliphatic heterocycles. The molecular formula is C46H64N18O13S2. The van der Waals surface area contributed by atoms with Gasteiger partial charge in [-0.2, -0.15) is 4.98 Å². The Hall–Kier alpha value is -8.10. The number of nitrogen functional groups attached to an aromatic ring is 2. The number of cyclic esters (lactones) is 2. The van der Waals surface area contributed by atoms with Crippen LogP contribution in [-0.4, -0.2) is 219 Å². The highest BCUT2D eigenvalue weighted by Gasteiger charge is 2.42. The fourth-order valence-electron chi connectivity index (χ4n) is 8.85. The maximum absolute atomic E-state index is 14.8. The highest BCUT2D eigenvalue weighted by Crippen LogP contribution is 2.29. The van der Waals surface area contributed by atoms with Crippen LogP contribution in [0.5, 0.6) is 0 Å². The number of rotatable bonds is 8. The van der Waals surface area contributed by atoms with Gasteiger partial charge in [0.15, 0.2) is 22.6 Å². The zero-order valence-corrected chi connectivity index (χ0v) is 46.6. The number of esters is 2. The molecule has 0 aliphatic carbocycles. The van der Waals surface area contributed by atoms with Gasteiger partial charge in [-0.3, -0.25) is 48.1 Å². The quantitative estimate of drug-likeness (QED) is 0.0657. The first-order valence-corrected chi connectivity index (χ1v) is 27.2. The van der Waals surface area contributed by atoms with Crippen molar-refractivity contribution in [3.8, 4) is 0 Å². The average Bonchev–Trinajstić information content (AvgIpc) is 4.04. The summed E-state index contributed by atoms with van der Waals surface area (Å²) >= 11 is 0. The summed E-state index contributed by atoms with van der Waals surface area (Å²) in [4.78, 5) is 182.